The van der Waals surface area contributed by atoms with Crippen LogP contribution in [0.15, 0.2) is 0 Å². The van der Waals surface area contributed by atoms with Crippen molar-refractivity contribution in [1.82, 2.24) is 4.90 Å². The third-order valence-corrected chi connectivity index (χ3v) is 2.38. The predicted octanol–water partition coefficient (Wildman–Crippen LogP) is 1.21. The van der Waals surface area contributed by atoms with E-state index in [1.807, 2.05) is 0 Å². The first-order chi connectivity index (χ1) is 6.74. The van der Waals surface area contributed by atoms with Gasteiger partial charge in [-0.2, -0.15) is 0 Å². The Labute approximate surface area is 88.3 Å². The second-order valence-corrected chi connectivity index (χ2v) is 3.93. The second-order valence-electron chi connectivity index (χ2n) is 3.93. The maximum absolute atomic E-state index is 8.87. The summed E-state index contributed by atoms with van der Waals surface area (Å²) in [5.74, 6) is 0. The molecule has 0 heterocycles. The summed E-state index contributed by atoms with van der Waals surface area (Å²) in [5.41, 5.74) is 6.00. The normalized spacial score (nSPS) is 13.5. The molecular formula is C11H26N2O. The van der Waals surface area contributed by atoms with Gasteiger partial charge in [0.1, 0.15) is 0 Å². The zero-order valence-corrected chi connectivity index (χ0v) is 9.71. The van der Waals surface area contributed by atoms with Crippen LogP contribution in [0.2, 0.25) is 0 Å². The monoisotopic (exact) mass is 202 g/mol. The molecule has 0 aliphatic carbocycles. The topological polar surface area (TPSA) is 49.5 Å². The molecule has 14 heavy (non-hydrogen) atoms. The standard InChI is InChI=1S/C11H26N2O/c1-3-5-6-11(12)10-13(7-4-2)8-9-14/h11,14H,3-10,12H2,1-2H3/t11-/m0/s1. The van der Waals surface area contributed by atoms with Crippen molar-refractivity contribution in [2.75, 3.05) is 26.2 Å². The molecule has 3 nitrogen and oxygen atoms in total. The number of hydrogen-bond donors (Lipinski definition) is 2. The van der Waals surface area contributed by atoms with Crippen molar-refractivity contribution in [3.05, 3.63) is 0 Å². The van der Waals surface area contributed by atoms with Crippen molar-refractivity contribution in [1.29, 1.82) is 0 Å². The molecule has 3 N–H and O–H groups in total. The van der Waals surface area contributed by atoms with Gasteiger partial charge in [-0.15, -0.1) is 0 Å². The summed E-state index contributed by atoms with van der Waals surface area (Å²) in [4.78, 5) is 2.25. The number of hydrogen-bond acceptors (Lipinski definition) is 3. The summed E-state index contributed by atoms with van der Waals surface area (Å²) >= 11 is 0. The Balaban J connectivity index is 3.64. The van der Waals surface area contributed by atoms with Crippen molar-refractivity contribution in [3.8, 4) is 0 Å². The zero-order chi connectivity index (χ0) is 10.8. The maximum Gasteiger partial charge on any atom is 0.0558 e. The summed E-state index contributed by atoms with van der Waals surface area (Å²) in [7, 11) is 0. The number of nitrogens with two attached hydrogens (primary N) is 1. The average molecular weight is 202 g/mol. The van der Waals surface area contributed by atoms with Crippen LogP contribution in [0.1, 0.15) is 39.5 Å². The first-order valence-electron chi connectivity index (χ1n) is 5.83. The minimum Gasteiger partial charge on any atom is -0.395 e. The molecule has 0 aromatic heterocycles. The lowest BCUT2D eigenvalue weighted by molar-refractivity contribution is 0.186. The van der Waals surface area contributed by atoms with Crippen LogP contribution in [0.25, 0.3) is 0 Å². The fourth-order valence-electron chi connectivity index (χ4n) is 1.64. The molecule has 0 aliphatic heterocycles. The quantitative estimate of drug-likeness (QED) is 0.591. The van der Waals surface area contributed by atoms with Crippen LogP contribution >= 0.6 is 0 Å². The highest BCUT2D eigenvalue weighted by atomic mass is 16.3. The van der Waals surface area contributed by atoms with E-state index in [2.05, 4.69) is 18.7 Å². The molecule has 0 rings (SSSR count). The molecule has 0 aromatic rings. The molecule has 3 heteroatoms. The second kappa shape index (κ2) is 9.44. The number of aliphatic hydroxyl groups excluding tert-OH is 1. The van der Waals surface area contributed by atoms with Gasteiger partial charge in [0.15, 0.2) is 0 Å². The van der Waals surface area contributed by atoms with Crippen molar-refractivity contribution in [3.63, 3.8) is 0 Å². The number of aliphatic hydroxyl groups is 1. The van der Waals surface area contributed by atoms with Crippen molar-refractivity contribution in [2.24, 2.45) is 5.73 Å². The molecule has 0 aliphatic rings. The fourth-order valence-corrected chi connectivity index (χ4v) is 1.64. The molecule has 0 radical (unpaired) electrons. The number of nitrogens with zero attached hydrogens (tertiary/aromatic N) is 1. The van der Waals surface area contributed by atoms with E-state index >= 15 is 0 Å². The van der Waals surface area contributed by atoms with Crippen LogP contribution in [-0.2, 0) is 0 Å². The molecule has 0 saturated carbocycles. The number of rotatable bonds is 9. The minimum absolute atomic E-state index is 0.237. The average Bonchev–Trinajstić information content (AvgIpc) is 2.15. The van der Waals surface area contributed by atoms with Crippen LogP contribution < -0.4 is 5.73 Å². The Hall–Kier alpha value is -0.120. The zero-order valence-electron chi connectivity index (χ0n) is 9.71. The first kappa shape index (κ1) is 13.9. The number of unbranched alkanes of at least 4 members (excludes halogenated alkanes) is 1. The van der Waals surface area contributed by atoms with E-state index in [1.54, 1.807) is 0 Å². The van der Waals surface area contributed by atoms with Gasteiger partial charge in [0, 0.05) is 19.1 Å². The Morgan fingerprint density at radius 1 is 1.21 bits per heavy atom. The van der Waals surface area contributed by atoms with E-state index in [4.69, 9.17) is 10.8 Å². The highest BCUT2D eigenvalue weighted by Crippen LogP contribution is 2.01. The first-order valence-corrected chi connectivity index (χ1v) is 5.83. The van der Waals surface area contributed by atoms with Crippen LogP contribution in [0.3, 0.4) is 0 Å². The maximum atomic E-state index is 8.87. The van der Waals surface area contributed by atoms with Crippen LogP contribution in [0, 0.1) is 0 Å². The van der Waals surface area contributed by atoms with E-state index in [1.165, 1.54) is 12.8 Å². The molecule has 0 bridgehead atoms. The summed E-state index contributed by atoms with van der Waals surface area (Å²) in [6.45, 7) is 7.30. The smallest absolute Gasteiger partial charge is 0.0558 e. The summed E-state index contributed by atoms with van der Waals surface area (Å²) in [5, 5.41) is 8.87. The molecular weight excluding hydrogens is 176 g/mol. The van der Waals surface area contributed by atoms with E-state index in [0.717, 1.165) is 32.5 Å². The lowest BCUT2D eigenvalue weighted by atomic mass is 10.1. The lowest BCUT2D eigenvalue weighted by Gasteiger charge is -2.24. The summed E-state index contributed by atoms with van der Waals surface area (Å²) in [6.07, 6.45) is 4.64. The largest absolute Gasteiger partial charge is 0.395 e. The van der Waals surface area contributed by atoms with Gasteiger partial charge in [0.2, 0.25) is 0 Å². The third-order valence-electron chi connectivity index (χ3n) is 2.38. The van der Waals surface area contributed by atoms with Gasteiger partial charge >= 0.3 is 0 Å². The van der Waals surface area contributed by atoms with Gasteiger partial charge in [-0.3, -0.25) is 4.90 Å². The van der Waals surface area contributed by atoms with E-state index < -0.39 is 0 Å². The van der Waals surface area contributed by atoms with Gasteiger partial charge in [-0.05, 0) is 19.4 Å². The van der Waals surface area contributed by atoms with Gasteiger partial charge in [-0.1, -0.05) is 26.7 Å². The van der Waals surface area contributed by atoms with Crippen molar-refractivity contribution >= 4 is 0 Å². The summed E-state index contributed by atoms with van der Waals surface area (Å²) < 4.78 is 0. The SMILES string of the molecule is CCCC[C@H](N)CN(CCC)CCO. The van der Waals surface area contributed by atoms with Crippen LogP contribution in [-0.4, -0.2) is 42.3 Å². The summed E-state index contributed by atoms with van der Waals surface area (Å²) in [6, 6.07) is 0.271. The van der Waals surface area contributed by atoms with Crippen molar-refractivity contribution in [2.45, 2.75) is 45.6 Å². The van der Waals surface area contributed by atoms with E-state index in [0.29, 0.717) is 0 Å². The molecule has 0 amide bonds. The van der Waals surface area contributed by atoms with Gasteiger partial charge < -0.3 is 10.8 Å². The molecule has 0 unspecified atom stereocenters. The molecule has 0 spiro atoms. The third kappa shape index (κ3) is 7.30. The van der Waals surface area contributed by atoms with E-state index in [-0.39, 0.29) is 12.6 Å². The molecule has 1 atom stereocenters. The Morgan fingerprint density at radius 2 is 1.93 bits per heavy atom. The van der Waals surface area contributed by atoms with E-state index in [9.17, 15) is 0 Å². The van der Waals surface area contributed by atoms with Crippen LogP contribution in [0.4, 0.5) is 0 Å². The van der Waals surface area contributed by atoms with Gasteiger partial charge in [-0.25, -0.2) is 0 Å². The lowest BCUT2D eigenvalue weighted by Crippen LogP contribution is -2.39. The predicted molar refractivity (Wildman–Crippen MR) is 61.3 cm³/mol. The van der Waals surface area contributed by atoms with Gasteiger partial charge in [0.25, 0.3) is 0 Å². The van der Waals surface area contributed by atoms with Crippen molar-refractivity contribution < 1.29 is 5.11 Å². The Bertz CT molecular complexity index is 114. The van der Waals surface area contributed by atoms with Crippen LogP contribution in [0.5, 0.6) is 0 Å². The molecule has 0 fully saturated rings. The fraction of sp³-hybridized carbons (Fsp3) is 1.00. The molecule has 0 aromatic carbocycles. The minimum atomic E-state index is 0.237. The van der Waals surface area contributed by atoms with Gasteiger partial charge in [0.05, 0.1) is 6.61 Å². The Morgan fingerprint density at radius 3 is 2.43 bits per heavy atom. The highest BCUT2D eigenvalue weighted by Gasteiger charge is 2.08. The molecule has 86 valence electrons. The molecule has 0 saturated heterocycles. The highest BCUT2D eigenvalue weighted by molar-refractivity contribution is 4.67. The Kier molecular flexibility index (Phi) is 9.35.